The van der Waals surface area contributed by atoms with Gasteiger partial charge in [0.25, 0.3) is 0 Å². The van der Waals surface area contributed by atoms with Gasteiger partial charge in [0.15, 0.2) is 0 Å². The van der Waals surface area contributed by atoms with E-state index in [-0.39, 0.29) is 11.2 Å². The summed E-state index contributed by atoms with van der Waals surface area (Å²) in [4.78, 5) is 9.67. The average molecular weight is 639 g/mol. The Balaban J connectivity index is 1.24. The molecule has 0 atom stereocenters. The Morgan fingerprint density at radius 3 is 1.94 bits per heavy atom. The SMILES string of the molecule is CC(C)(C)c1cc(Oc2cc(-c3ccc(Cc4ccccc4)cc3)ccn2)cc(-c2cc(-c3ccccc3)cc(-c3ccccc3O)n2)c1. The van der Waals surface area contributed by atoms with Crippen molar-refractivity contribution >= 4 is 0 Å². The first-order chi connectivity index (χ1) is 23.8. The van der Waals surface area contributed by atoms with Gasteiger partial charge in [-0.05, 0) is 99.3 Å². The fraction of sp³-hybridized carbons (Fsp3) is 0.111. The predicted molar refractivity (Wildman–Crippen MR) is 200 cm³/mol. The summed E-state index contributed by atoms with van der Waals surface area (Å²) in [5.74, 6) is 1.39. The number of nitrogens with zero attached hydrogens (tertiary/aromatic N) is 2. The van der Waals surface area contributed by atoms with E-state index in [1.54, 1.807) is 12.3 Å². The van der Waals surface area contributed by atoms with E-state index in [9.17, 15) is 5.11 Å². The van der Waals surface area contributed by atoms with Crippen LogP contribution in [0, 0.1) is 0 Å². The zero-order chi connectivity index (χ0) is 33.8. The molecule has 4 nitrogen and oxygen atoms in total. The average Bonchev–Trinajstić information content (AvgIpc) is 3.12. The molecular formula is C45H38N2O2. The smallest absolute Gasteiger partial charge is 0.219 e. The van der Waals surface area contributed by atoms with Gasteiger partial charge in [-0.25, -0.2) is 9.97 Å². The van der Waals surface area contributed by atoms with Crippen molar-refractivity contribution in [1.29, 1.82) is 0 Å². The van der Waals surface area contributed by atoms with Crippen LogP contribution in [0.3, 0.4) is 0 Å². The fourth-order valence-corrected chi connectivity index (χ4v) is 5.95. The molecule has 2 heterocycles. The molecule has 49 heavy (non-hydrogen) atoms. The number of phenolic OH excluding ortho intramolecular Hbond substituents is 1. The summed E-state index contributed by atoms with van der Waals surface area (Å²) in [5, 5.41) is 10.8. The van der Waals surface area contributed by atoms with Crippen LogP contribution in [0.1, 0.15) is 37.5 Å². The first-order valence-electron chi connectivity index (χ1n) is 16.6. The summed E-state index contributed by atoms with van der Waals surface area (Å²) in [7, 11) is 0. The number of aromatic hydroxyl groups is 1. The molecule has 0 spiro atoms. The third-order valence-electron chi connectivity index (χ3n) is 8.68. The van der Waals surface area contributed by atoms with Crippen LogP contribution in [-0.2, 0) is 11.8 Å². The van der Waals surface area contributed by atoms with Gasteiger partial charge in [0.1, 0.15) is 11.5 Å². The first kappa shape index (κ1) is 31.6. The molecule has 0 bridgehead atoms. The van der Waals surface area contributed by atoms with Crippen LogP contribution in [0.25, 0.3) is 44.8 Å². The highest BCUT2D eigenvalue weighted by Gasteiger charge is 2.19. The Morgan fingerprint density at radius 2 is 1.20 bits per heavy atom. The summed E-state index contributed by atoms with van der Waals surface area (Å²) < 4.78 is 6.51. The minimum absolute atomic E-state index is 0.150. The van der Waals surface area contributed by atoms with Crippen LogP contribution in [0.5, 0.6) is 17.4 Å². The van der Waals surface area contributed by atoms with E-state index in [1.807, 2.05) is 66.7 Å². The minimum atomic E-state index is -0.150. The maximum Gasteiger partial charge on any atom is 0.219 e. The topological polar surface area (TPSA) is 55.2 Å². The largest absolute Gasteiger partial charge is 0.507 e. The van der Waals surface area contributed by atoms with E-state index in [0.717, 1.165) is 45.5 Å². The number of hydrogen-bond acceptors (Lipinski definition) is 4. The number of para-hydroxylation sites is 1. The van der Waals surface area contributed by atoms with Gasteiger partial charge in [-0.3, -0.25) is 0 Å². The van der Waals surface area contributed by atoms with Gasteiger partial charge in [-0.2, -0.15) is 0 Å². The van der Waals surface area contributed by atoms with Crippen LogP contribution in [0.2, 0.25) is 0 Å². The summed E-state index contributed by atoms with van der Waals surface area (Å²) in [6.45, 7) is 6.58. The highest BCUT2D eigenvalue weighted by Crippen LogP contribution is 2.38. The lowest BCUT2D eigenvalue weighted by molar-refractivity contribution is 0.460. The molecule has 1 N–H and O–H groups in total. The number of pyridine rings is 2. The van der Waals surface area contributed by atoms with Crippen LogP contribution in [0.15, 0.2) is 158 Å². The molecule has 0 aliphatic carbocycles. The molecule has 0 aliphatic rings. The molecule has 240 valence electrons. The van der Waals surface area contributed by atoms with E-state index in [0.29, 0.717) is 22.9 Å². The highest BCUT2D eigenvalue weighted by atomic mass is 16.5. The minimum Gasteiger partial charge on any atom is -0.507 e. The van der Waals surface area contributed by atoms with E-state index in [1.165, 1.54) is 11.1 Å². The van der Waals surface area contributed by atoms with Crippen LogP contribution in [-0.4, -0.2) is 15.1 Å². The second kappa shape index (κ2) is 13.6. The lowest BCUT2D eigenvalue weighted by Gasteiger charge is -2.21. The fourth-order valence-electron chi connectivity index (χ4n) is 5.95. The molecule has 5 aromatic carbocycles. The summed E-state index contributed by atoms with van der Waals surface area (Å²) in [6.07, 6.45) is 2.69. The van der Waals surface area contributed by atoms with Crippen molar-refractivity contribution in [3.8, 4) is 62.1 Å². The van der Waals surface area contributed by atoms with Gasteiger partial charge in [0.2, 0.25) is 5.88 Å². The molecule has 7 rings (SSSR count). The zero-order valence-electron chi connectivity index (χ0n) is 28.0. The van der Waals surface area contributed by atoms with Crippen molar-refractivity contribution in [2.75, 3.05) is 0 Å². The third-order valence-corrected chi connectivity index (χ3v) is 8.68. The van der Waals surface area contributed by atoms with Gasteiger partial charge >= 0.3 is 0 Å². The van der Waals surface area contributed by atoms with Gasteiger partial charge in [0, 0.05) is 23.4 Å². The van der Waals surface area contributed by atoms with Crippen LogP contribution in [0.4, 0.5) is 0 Å². The standard InChI is InChI=1S/C45H38N2O2/c1-45(2,3)38-25-37(41-27-36(33-14-8-5-9-15-33)28-42(47-41)40-16-10-11-17-43(40)48)26-39(30-38)49-44-29-35(22-23-46-44)34-20-18-32(19-21-34)24-31-12-6-4-7-13-31/h4-23,25-30,48H,24H2,1-3H3. The molecular weight excluding hydrogens is 601 g/mol. The second-order valence-electron chi connectivity index (χ2n) is 13.3. The zero-order valence-corrected chi connectivity index (χ0v) is 28.0. The lowest BCUT2D eigenvalue weighted by Crippen LogP contribution is -2.11. The van der Waals surface area contributed by atoms with Crippen LogP contribution >= 0.6 is 0 Å². The van der Waals surface area contributed by atoms with E-state index >= 15 is 0 Å². The Bertz CT molecular complexity index is 2200. The Hall–Kier alpha value is -6.00. The normalized spacial score (nSPS) is 11.3. The van der Waals surface area contributed by atoms with Gasteiger partial charge in [-0.1, -0.05) is 118 Å². The second-order valence-corrected chi connectivity index (χ2v) is 13.3. The molecule has 2 aromatic heterocycles. The van der Waals surface area contributed by atoms with Crippen molar-refractivity contribution in [1.82, 2.24) is 9.97 Å². The van der Waals surface area contributed by atoms with Gasteiger partial charge in [-0.15, -0.1) is 0 Å². The Kier molecular flexibility index (Phi) is 8.78. The van der Waals surface area contributed by atoms with E-state index < -0.39 is 0 Å². The lowest BCUT2D eigenvalue weighted by atomic mass is 9.85. The predicted octanol–water partition coefficient (Wildman–Crippen LogP) is 11.5. The number of ether oxygens (including phenoxy) is 1. The Morgan fingerprint density at radius 1 is 0.551 bits per heavy atom. The molecule has 0 saturated heterocycles. The summed E-state index contributed by atoms with van der Waals surface area (Å²) >= 11 is 0. The van der Waals surface area contributed by atoms with E-state index in [4.69, 9.17) is 9.72 Å². The van der Waals surface area contributed by atoms with Crippen molar-refractivity contribution in [2.45, 2.75) is 32.6 Å². The van der Waals surface area contributed by atoms with Crippen molar-refractivity contribution < 1.29 is 9.84 Å². The number of aromatic nitrogens is 2. The third kappa shape index (κ3) is 7.45. The maximum absolute atomic E-state index is 10.8. The molecule has 7 aromatic rings. The molecule has 0 unspecified atom stereocenters. The number of hydrogen-bond donors (Lipinski definition) is 1. The first-order valence-corrected chi connectivity index (χ1v) is 16.6. The Labute approximate surface area is 288 Å². The molecule has 0 amide bonds. The molecule has 4 heteroatoms. The van der Waals surface area contributed by atoms with Crippen LogP contribution < -0.4 is 4.74 Å². The highest BCUT2D eigenvalue weighted by molar-refractivity contribution is 5.79. The maximum atomic E-state index is 10.8. The summed E-state index contributed by atoms with van der Waals surface area (Å²) in [5.41, 5.74) is 10.8. The van der Waals surface area contributed by atoms with Gasteiger partial charge in [0.05, 0.1) is 11.4 Å². The number of rotatable bonds is 8. The van der Waals surface area contributed by atoms with Crippen molar-refractivity contribution in [3.05, 3.63) is 175 Å². The monoisotopic (exact) mass is 638 g/mol. The number of phenols is 1. The molecule has 0 aliphatic heterocycles. The molecule has 0 fully saturated rings. The molecule has 0 radical (unpaired) electrons. The molecule has 0 saturated carbocycles. The van der Waals surface area contributed by atoms with Crippen molar-refractivity contribution in [3.63, 3.8) is 0 Å². The quantitative estimate of drug-likeness (QED) is 0.180. The number of benzene rings is 5. The summed E-state index contributed by atoms with van der Waals surface area (Å²) in [6, 6.07) is 51.2. The van der Waals surface area contributed by atoms with E-state index in [2.05, 4.69) is 105 Å². The van der Waals surface area contributed by atoms with Crippen molar-refractivity contribution in [2.24, 2.45) is 0 Å². The van der Waals surface area contributed by atoms with Gasteiger partial charge < -0.3 is 9.84 Å².